The molecule has 0 saturated heterocycles. The highest BCUT2D eigenvalue weighted by Crippen LogP contribution is 2.13. The zero-order valence-electron chi connectivity index (χ0n) is 9.95. The first kappa shape index (κ1) is 12.5. The Hall–Kier alpha value is -1.55. The summed E-state index contributed by atoms with van der Waals surface area (Å²) in [5, 5.41) is 12.8. The van der Waals surface area contributed by atoms with E-state index in [1.54, 1.807) is 13.1 Å². The monoisotopic (exact) mass is 222 g/mol. The molecule has 0 radical (unpaired) electrons. The van der Waals surface area contributed by atoms with E-state index in [4.69, 9.17) is 0 Å². The Labute approximate surface area is 95.2 Å². The fourth-order valence-corrected chi connectivity index (χ4v) is 1.48. The molecule has 1 aromatic heterocycles. The lowest BCUT2D eigenvalue weighted by atomic mass is 10.3. The second-order valence-electron chi connectivity index (χ2n) is 4.04. The highest BCUT2D eigenvalue weighted by molar-refractivity contribution is 5.25. The van der Waals surface area contributed by atoms with Crippen molar-refractivity contribution in [2.45, 2.75) is 26.9 Å². The van der Waals surface area contributed by atoms with Crippen LogP contribution in [-0.4, -0.2) is 16.2 Å². The average Bonchev–Trinajstić information content (AvgIpc) is 2.23. The summed E-state index contributed by atoms with van der Waals surface area (Å²) in [6, 6.07) is 1.36. The van der Waals surface area contributed by atoms with Crippen LogP contribution in [0.2, 0.25) is 0 Å². The summed E-state index contributed by atoms with van der Waals surface area (Å²) in [4.78, 5) is 11.2. The van der Waals surface area contributed by atoms with Crippen LogP contribution in [0.1, 0.15) is 25.7 Å². The van der Waals surface area contributed by atoms with Gasteiger partial charge in [-0.3, -0.25) is 10.1 Å². The van der Waals surface area contributed by atoms with Crippen molar-refractivity contribution >= 4 is 0 Å². The van der Waals surface area contributed by atoms with Crippen LogP contribution in [0.4, 0.5) is 0 Å². The maximum atomic E-state index is 11.2. The minimum absolute atomic E-state index is 0.00296. The summed E-state index contributed by atoms with van der Waals surface area (Å²) < 4.78 is 1.82. The van der Waals surface area contributed by atoms with Crippen molar-refractivity contribution < 1.29 is 5.11 Å². The molecule has 16 heavy (non-hydrogen) atoms. The molecule has 0 bridgehead atoms. The quantitative estimate of drug-likeness (QED) is 0.760. The van der Waals surface area contributed by atoms with E-state index < -0.39 is 0 Å². The number of aromatic nitrogens is 1. The topological polar surface area (TPSA) is 54.3 Å². The molecule has 4 nitrogen and oxygen atoms in total. The first-order valence-electron chi connectivity index (χ1n) is 5.22. The van der Waals surface area contributed by atoms with E-state index >= 15 is 0 Å². The summed E-state index contributed by atoms with van der Waals surface area (Å²) in [6.45, 7) is 10.1. The van der Waals surface area contributed by atoms with E-state index in [1.807, 2.05) is 18.4 Å². The van der Waals surface area contributed by atoms with E-state index in [2.05, 4.69) is 11.9 Å². The van der Waals surface area contributed by atoms with Crippen LogP contribution in [-0.2, 0) is 0 Å². The van der Waals surface area contributed by atoms with Gasteiger partial charge >= 0.3 is 0 Å². The lowest BCUT2D eigenvalue weighted by Crippen LogP contribution is -2.27. The molecule has 88 valence electrons. The van der Waals surface area contributed by atoms with Crippen LogP contribution in [0.3, 0.4) is 0 Å². The first-order valence-corrected chi connectivity index (χ1v) is 5.22. The molecule has 1 aromatic rings. The smallest absolute Gasteiger partial charge is 0.223 e. The highest BCUT2D eigenvalue weighted by Gasteiger charge is 2.09. The number of nitrogens with one attached hydrogen (secondary N) is 1. The van der Waals surface area contributed by atoms with Crippen LogP contribution < -0.4 is 10.7 Å². The molecule has 0 aliphatic heterocycles. The maximum absolute atomic E-state index is 11.2. The molecule has 0 amide bonds. The van der Waals surface area contributed by atoms with E-state index in [9.17, 15) is 9.90 Å². The van der Waals surface area contributed by atoms with Crippen LogP contribution in [0.15, 0.2) is 29.2 Å². The second kappa shape index (κ2) is 4.99. The van der Waals surface area contributed by atoms with Crippen molar-refractivity contribution in [1.29, 1.82) is 0 Å². The van der Waals surface area contributed by atoms with Crippen molar-refractivity contribution in [1.82, 2.24) is 9.88 Å². The number of hydrogen-bond acceptors (Lipinski definition) is 3. The van der Waals surface area contributed by atoms with Gasteiger partial charge in [-0.2, -0.15) is 0 Å². The van der Waals surface area contributed by atoms with Crippen LogP contribution in [0.5, 0.6) is 5.75 Å². The molecule has 0 saturated carbocycles. The number of rotatable bonds is 4. The Morgan fingerprint density at radius 1 is 1.69 bits per heavy atom. The summed E-state index contributed by atoms with van der Waals surface area (Å²) in [5.41, 5.74) is 1.25. The lowest BCUT2D eigenvalue weighted by molar-refractivity contribution is 0.412. The normalized spacial score (nSPS) is 12.4. The molecule has 4 heteroatoms. The minimum atomic E-state index is -0.346. The lowest BCUT2D eigenvalue weighted by Gasteiger charge is -2.20. The van der Waals surface area contributed by atoms with E-state index in [0.29, 0.717) is 12.2 Å². The molecule has 1 rings (SSSR count). The standard InChI is InChI=1S/C12H18N2O2/c1-8(2)7-13-10(4)14-6-5-11(15)12(16)9(14)3/h5-6,10,13,16H,1,7H2,2-4H3. The predicted molar refractivity (Wildman–Crippen MR) is 64.6 cm³/mol. The van der Waals surface area contributed by atoms with Crippen LogP contribution in [0.25, 0.3) is 0 Å². The van der Waals surface area contributed by atoms with Gasteiger partial charge in [-0.15, -0.1) is 0 Å². The van der Waals surface area contributed by atoms with Gasteiger partial charge in [-0.1, -0.05) is 12.2 Å². The van der Waals surface area contributed by atoms with Gasteiger partial charge in [-0.25, -0.2) is 0 Å². The van der Waals surface area contributed by atoms with Gasteiger partial charge in [0.05, 0.1) is 11.9 Å². The summed E-state index contributed by atoms with van der Waals surface area (Å²) >= 11 is 0. The zero-order valence-corrected chi connectivity index (χ0v) is 9.95. The molecular formula is C12H18N2O2. The molecule has 0 spiro atoms. The van der Waals surface area contributed by atoms with Crippen LogP contribution >= 0.6 is 0 Å². The fourth-order valence-electron chi connectivity index (χ4n) is 1.48. The second-order valence-corrected chi connectivity index (χ2v) is 4.04. The third-order valence-corrected chi connectivity index (χ3v) is 2.47. The van der Waals surface area contributed by atoms with E-state index in [1.165, 1.54) is 6.07 Å². The van der Waals surface area contributed by atoms with Crippen LogP contribution in [0, 0.1) is 6.92 Å². The number of aromatic hydroxyl groups is 1. The minimum Gasteiger partial charge on any atom is -0.503 e. The number of pyridine rings is 1. The zero-order chi connectivity index (χ0) is 12.3. The summed E-state index contributed by atoms with van der Waals surface area (Å²) in [6.07, 6.45) is 1.68. The van der Waals surface area contributed by atoms with Gasteiger partial charge in [0.25, 0.3) is 0 Å². The van der Waals surface area contributed by atoms with Crippen molar-refractivity contribution in [2.24, 2.45) is 0 Å². The van der Waals surface area contributed by atoms with E-state index in [0.717, 1.165) is 5.57 Å². The highest BCUT2D eigenvalue weighted by atomic mass is 16.3. The molecular weight excluding hydrogens is 204 g/mol. The molecule has 0 fully saturated rings. The molecule has 1 unspecified atom stereocenters. The van der Waals surface area contributed by atoms with Crippen molar-refractivity contribution in [3.8, 4) is 5.75 Å². The van der Waals surface area contributed by atoms with Gasteiger partial charge in [0, 0.05) is 18.8 Å². The Morgan fingerprint density at radius 2 is 2.31 bits per heavy atom. The predicted octanol–water partition coefficient (Wildman–Crippen LogP) is 1.55. The van der Waals surface area contributed by atoms with Gasteiger partial charge in [-0.05, 0) is 20.8 Å². The Kier molecular flexibility index (Phi) is 3.90. The summed E-state index contributed by atoms with van der Waals surface area (Å²) in [5.74, 6) is -0.188. The summed E-state index contributed by atoms with van der Waals surface area (Å²) in [7, 11) is 0. The van der Waals surface area contributed by atoms with Gasteiger partial charge in [0.2, 0.25) is 5.43 Å². The Balaban J connectivity index is 2.92. The maximum Gasteiger partial charge on any atom is 0.223 e. The Bertz CT molecular complexity index is 449. The van der Waals surface area contributed by atoms with Gasteiger partial charge < -0.3 is 9.67 Å². The Morgan fingerprint density at radius 3 is 2.88 bits per heavy atom. The largest absolute Gasteiger partial charge is 0.503 e. The molecule has 1 atom stereocenters. The molecule has 0 aliphatic carbocycles. The average molecular weight is 222 g/mol. The first-order chi connectivity index (χ1) is 7.43. The molecule has 0 aromatic carbocycles. The number of hydrogen-bond donors (Lipinski definition) is 2. The third kappa shape index (κ3) is 2.73. The third-order valence-electron chi connectivity index (χ3n) is 2.47. The van der Waals surface area contributed by atoms with E-state index in [-0.39, 0.29) is 17.3 Å². The van der Waals surface area contributed by atoms with Crippen molar-refractivity contribution in [2.75, 3.05) is 6.54 Å². The molecule has 1 heterocycles. The molecule has 2 N–H and O–H groups in total. The van der Waals surface area contributed by atoms with Gasteiger partial charge in [0.15, 0.2) is 5.75 Å². The number of nitrogens with zero attached hydrogens (tertiary/aromatic N) is 1. The fraction of sp³-hybridized carbons (Fsp3) is 0.417. The van der Waals surface area contributed by atoms with Crippen molar-refractivity contribution in [3.63, 3.8) is 0 Å². The molecule has 0 aliphatic rings. The van der Waals surface area contributed by atoms with Crippen molar-refractivity contribution in [3.05, 3.63) is 40.3 Å². The SMILES string of the molecule is C=C(C)CNC(C)n1ccc(=O)c(O)c1C. The van der Waals surface area contributed by atoms with Gasteiger partial charge in [0.1, 0.15) is 0 Å².